The van der Waals surface area contributed by atoms with E-state index in [-0.39, 0.29) is 24.0 Å². The molecule has 0 aliphatic rings. The summed E-state index contributed by atoms with van der Waals surface area (Å²) < 4.78 is 10.7. The van der Waals surface area contributed by atoms with Gasteiger partial charge in [-0.15, -0.1) is 30.4 Å². The Morgan fingerprint density at radius 3 is 2.48 bits per heavy atom. The summed E-state index contributed by atoms with van der Waals surface area (Å²) in [7, 11) is 1.76. The quantitative estimate of drug-likeness (QED) is 0.280. The van der Waals surface area contributed by atoms with Crippen LogP contribution in [0.15, 0.2) is 52.1 Å². The van der Waals surface area contributed by atoms with E-state index in [0.717, 1.165) is 43.4 Å². The molecule has 0 fully saturated rings. The second-order valence-electron chi connectivity index (χ2n) is 5.14. The molecular formula is C19H24IN3O2. The van der Waals surface area contributed by atoms with Crippen molar-refractivity contribution < 1.29 is 9.15 Å². The molecule has 25 heavy (non-hydrogen) atoms. The van der Waals surface area contributed by atoms with Crippen molar-refractivity contribution in [3.8, 4) is 18.1 Å². The molecule has 0 amide bonds. The van der Waals surface area contributed by atoms with Crippen LogP contribution < -0.4 is 15.4 Å². The summed E-state index contributed by atoms with van der Waals surface area (Å²) in [5, 5.41) is 6.56. The summed E-state index contributed by atoms with van der Waals surface area (Å²) in [4.78, 5) is 4.21. The third-order valence-electron chi connectivity index (χ3n) is 3.42. The van der Waals surface area contributed by atoms with E-state index in [4.69, 9.17) is 15.6 Å². The van der Waals surface area contributed by atoms with Gasteiger partial charge in [-0.05, 0) is 36.2 Å². The molecule has 6 heteroatoms. The number of nitrogens with zero attached hydrogens (tertiary/aromatic N) is 1. The van der Waals surface area contributed by atoms with Gasteiger partial charge in [0.15, 0.2) is 5.96 Å². The fraction of sp³-hybridized carbons (Fsp3) is 0.316. The van der Waals surface area contributed by atoms with Crippen LogP contribution in [0.1, 0.15) is 11.3 Å². The molecule has 0 saturated heterocycles. The van der Waals surface area contributed by atoms with Gasteiger partial charge < -0.3 is 19.8 Å². The lowest BCUT2D eigenvalue weighted by molar-refractivity contribution is 0.370. The third-order valence-corrected chi connectivity index (χ3v) is 3.42. The number of hydrogen-bond acceptors (Lipinski definition) is 3. The molecule has 0 bridgehead atoms. The molecular weight excluding hydrogens is 429 g/mol. The number of terminal acetylenes is 1. The molecule has 2 aromatic rings. The van der Waals surface area contributed by atoms with Crippen molar-refractivity contribution >= 4 is 29.9 Å². The Balaban J connectivity index is 0.00000312. The van der Waals surface area contributed by atoms with Crippen molar-refractivity contribution in [3.05, 3.63) is 54.0 Å². The maximum atomic E-state index is 5.36. The number of guanidine groups is 1. The SMILES string of the molecule is C#CCOc1ccc(CCNC(=NC)NCCc2ccco2)cc1.I. The first-order valence-electron chi connectivity index (χ1n) is 7.94. The Hall–Kier alpha value is -2.14. The number of furan rings is 1. The lowest BCUT2D eigenvalue weighted by atomic mass is 10.1. The number of hydrogen-bond donors (Lipinski definition) is 2. The normalized spacial score (nSPS) is 10.5. The molecule has 1 aromatic carbocycles. The van der Waals surface area contributed by atoms with Gasteiger partial charge in [-0.3, -0.25) is 4.99 Å². The smallest absolute Gasteiger partial charge is 0.191 e. The van der Waals surface area contributed by atoms with Crippen LogP contribution in [-0.2, 0) is 12.8 Å². The predicted molar refractivity (Wildman–Crippen MR) is 112 cm³/mol. The van der Waals surface area contributed by atoms with Crippen LogP contribution in [0.4, 0.5) is 0 Å². The van der Waals surface area contributed by atoms with E-state index >= 15 is 0 Å². The van der Waals surface area contributed by atoms with Gasteiger partial charge in [-0.25, -0.2) is 0 Å². The fourth-order valence-corrected chi connectivity index (χ4v) is 2.18. The summed E-state index contributed by atoms with van der Waals surface area (Å²) in [5.74, 6) is 4.99. The van der Waals surface area contributed by atoms with Crippen LogP contribution in [0.25, 0.3) is 0 Å². The van der Waals surface area contributed by atoms with Crippen LogP contribution in [-0.4, -0.2) is 32.7 Å². The number of benzene rings is 1. The first kappa shape index (κ1) is 20.9. The van der Waals surface area contributed by atoms with Crippen molar-refractivity contribution in [2.75, 3.05) is 26.7 Å². The Labute approximate surface area is 166 Å². The van der Waals surface area contributed by atoms with Crippen LogP contribution in [0, 0.1) is 12.3 Å². The van der Waals surface area contributed by atoms with Crippen LogP contribution in [0.2, 0.25) is 0 Å². The van der Waals surface area contributed by atoms with Gasteiger partial charge in [0.25, 0.3) is 0 Å². The molecule has 0 aliphatic carbocycles. The minimum atomic E-state index is 0. The summed E-state index contributed by atoms with van der Waals surface area (Å²) in [6, 6.07) is 11.8. The largest absolute Gasteiger partial charge is 0.481 e. The number of nitrogens with one attached hydrogen (secondary N) is 2. The van der Waals surface area contributed by atoms with E-state index in [1.807, 2.05) is 36.4 Å². The highest BCUT2D eigenvalue weighted by Crippen LogP contribution is 2.12. The molecule has 0 aliphatic heterocycles. The average molecular weight is 453 g/mol. The topological polar surface area (TPSA) is 58.8 Å². The summed E-state index contributed by atoms with van der Waals surface area (Å²) in [5.41, 5.74) is 1.22. The predicted octanol–water partition coefficient (Wildman–Crippen LogP) is 2.86. The van der Waals surface area contributed by atoms with E-state index in [9.17, 15) is 0 Å². The third kappa shape index (κ3) is 7.98. The van der Waals surface area contributed by atoms with Gasteiger partial charge in [0.2, 0.25) is 0 Å². The molecule has 0 saturated carbocycles. The average Bonchev–Trinajstić information content (AvgIpc) is 3.13. The molecule has 0 unspecified atom stereocenters. The fourth-order valence-electron chi connectivity index (χ4n) is 2.18. The molecule has 2 rings (SSSR count). The molecule has 5 nitrogen and oxygen atoms in total. The van der Waals surface area contributed by atoms with Crippen molar-refractivity contribution in [1.82, 2.24) is 10.6 Å². The van der Waals surface area contributed by atoms with Gasteiger partial charge in [-0.1, -0.05) is 18.1 Å². The first-order chi connectivity index (χ1) is 11.8. The lowest BCUT2D eigenvalue weighted by Crippen LogP contribution is -2.39. The summed E-state index contributed by atoms with van der Waals surface area (Å²) >= 11 is 0. The highest BCUT2D eigenvalue weighted by atomic mass is 127. The number of ether oxygens (including phenoxy) is 1. The Morgan fingerprint density at radius 1 is 1.16 bits per heavy atom. The van der Waals surface area contributed by atoms with E-state index in [1.54, 1.807) is 13.3 Å². The van der Waals surface area contributed by atoms with Crippen LogP contribution in [0.3, 0.4) is 0 Å². The number of rotatable bonds is 8. The lowest BCUT2D eigenvalue weighted by Gasteiger charge is -2.11. The Morgan fingerprint density at radius 2 is 1.88 bits per heavy atom. The monoisotopic (exact) mass is 453 g/mol. The second kappa shape index (κ2) is 12.3. The zero-order valence-electron chi connectivity index (χ0n) is 14.3. The molecule has 0 spiro atoms. The van der Waals surface area contributed by atoms with Gasteiger partial charge in [-0.2, -0.15) is 0 Å². The van der Waals surface area contributed by atoms with E-state index < -0.39 is 0 Å². The minimum Gasteiger partial charge on any atom is -0.481 e. The summed E-state index contributed by atoms with van der Waals surface area (Å²) in [6.07, 6.45) is 8.58. The Kier molecular flexibility index (Phi) is 10.2. The van der Waals surface area contributed by atoms with Gasteiger partial charge >= 0.3 is 0 Å². The van der Waals surface area contributed by atoms with Gasteiger partial charge in [0.1, 0.15) is 18.1 Å². The van der Waals surface area contributed by atoms with Crippen molar-refractivity contribution in [2.45, 2.75) is 12.8 Å². The van der Waals surface area contributed by atoms with Crippen molar-refractivity contribution in [1.29, 1.82) is 0 Å². The molecule has 134 valence electrons. The zero-order chi connectivity index (χ0) is 17.0. The highest BCUT2D eigenvalue weighted by molar-refractivity contribution is 14.0. The first-order valence-corrected chi connectivity index (χ1v) is 7.94. The van der Waals surface area contributed by atoms with E-state index in [0.29, 0.717) is 6.61 Å². The molecule has 0 radical (unpaired) electrons. The highest BCUT2D eigenvalue weighted by Gasteiger charge is 2.00. The van der Waals surface area contributed by atoms with E-state index in [1.165, 1.54) is 5.56 Å². The zero-order valence-corrected chi connectivity index (χ0v) is 16.7. The second-order valence-corrected chi connectivity index (χ2v) is 5.14. The molecule has 0 atom stereocenters. The molecule has 2 N–H and O–H groups in total. The van der Waals surface area contributed by atoms with Gasteiger partial charge in [0.05, 0.1) is 6.26 Å². The maximum absolute atomic E-state index is 5.36. The van der Waals surface area contributed by atoms with Crippen molar-refractivity contribution in [2.24, 2.45) is 4.99 Å². The Bertz CT molecular complexity index is 661. The van der Waals surface area contributed by atoms with Crippen LogP contribution >= 0.6 is 24.0 Å². The van der Waals surface area contributed by atoms with Crippen LogP contribution in [0.5, 0.6) is 5.75 Å². The molecule has 1 aromatic heterocycles. The maximum Gasteiger partial charge on any atom is 0.191 e. The standard InChI is InChI=1S/C19H23N3O2.HI/c1-3-14-23-18-8-6-16(7-9-18)10-12-21-19(20-2)22-13-11-17-5-4-15-24-17;/h1,4-9,15H,10-14H2,2H3,(H2,20,21,22);1H. The van der Waals surface area contributed by atoms with Gasteiger partial charge in [0, 0.05) is 26.6 Å². The molecule has 1 heterocycles. The van der Waals surface area contributed by atoms with E-state index in [2.05, 4.69) is 21.5 Å². The summed E-state index contributed by atoms with van der Waals surface area (Å²) in [6.45, 7) is 1.86. The minimum absolute atomic E-state index is 0. The number of halogens is 1. The van der Waals surface area contributed by atoms with Crippen molar-refractivity contribution in [3.63, 3.8) is 0 Å². The number of aliphatic imine (C=N–C) groups is 1.